The first-order valence-electron chi connectivity index (χ1n) is 7.36. The van der Waals surface area contributed by atoms with Crippen LogP contribution in [0.2, 0.25) is 0 Å². The lowest BCUT2D eigenvalue weighted by Crippen LogP contribution is -2.30. The fraction of sp³-hybridized carbons (Fsp3) is 0.353. The Balaban J connectivity index is 2.09. The minimum atomic E-state index is -0.422. The molecule has 1 aromatic carbocycles. The smallest absolute Gasteiger partial charge is 0.242 e. The number of halogens is 1. The zero-order valence-corrected chi connectivity index (χ0v) is 13.5. The van der Waals surface area contributed by atoms with E-state index in [1.807, 2.05) is 19.9 Å². The third-order valence-electron chi connectivity index (χ3n) is 3.58. The second-order valence-electron chi connectivity index (χ2n) is 5.74. The maximum absolute atomic E-state index is 13.8. The van der Waals surface area contributed by atoms with Gasteiger partial charge in [0.1, 0.15) is 18.2 Å². The molecule has 0 spiro atoms. The molecule has 0 bridgehead atoms. The topological polar surface area (TPSA) is 61.9 Å². The number of hydrogen-bond donors (Lipinski definition) is 0. The van der Waals surface area contributed by atoms with Crippen LogP contribution in [0.4, 0.5) is 4.39 Å². The quantitative estimate of drug-likeness (QED) is 0.852. The highest BCUT2D eigenvalue weighted by atomic mass is 19.1. The Kier molecular flexibility index (Phi) is 5.12. The minimum Gasteiger partial charge on any atom is -0.340 e. The van der Waals surface area contributed by atoms with Crippen LogP contribution >= 0.6 is 0 Å². The van der Waals surface area contributed by atoms with E-state index >= 15 is 0 Å². The molecule has 0 atom stereocenters. The standard InChI is InChI=1S/C17H19FN4O/c1-12(2)17-20-6-7-22(17)11-16(23)21(3)10-14-8-13(9-19)4-5-15(14)18/h4-8,12H,10-11H2,1-3H3. The summed E-state index contributed by atoms with van der Waals surface area (Å²) in [5, 5.41) is 8.89. The lowest BCUT2D eigenvalue weighted by atomic mass is 10.1. The molecule has 1 amide bonds. The molecule has 0 aliphatic carbocycles. The van der Waals surface area contributed by atoms with Crippen LogP contribution in [0.3, 0.4) is 0 Å². The number of benzene rings is 1. The minimum absolute atomic E-state index is 0.117. The molecule has 5 nitrogen and oxygen atoms in total. The van der Waals surface area contributed by atoms with Gasteiger partial charge >= 0.3 is 0 Å². The number of imidazole rings is 1. The number of rotatable bonds is 5. The van der Waals surface area contributed by atoms with E-state index in [9.17, 15) is 9.18 Å². The summed E-state index contributed by atoms with van der Waals surface area (Å²) in [6.07, 6.45) is 3.43. The summed E-state index contributed by atoms with van der Waals surface area (Å²) in [6, 6.07) is 6.11. The fourth-order valence-corrected chi connectivity index (χ4v) is 2.33. The van der Waals surface area contributed by atoms with Crippen molar-refractivity contribution >= 4 is 5.91 Å². The Labute approximate surface area is 135 Å². The Bertz CT molecular complexity index is 745. The monoisotopic (exact) mass is 314 g/mol. The van der Waals surface area contributed by atoms with Gasteiger partial charge in [0.05, 0.1) is 11.6 Å². The molecule has 2 rings (SSSR count). The molecule has 0 saturated carbocycles. The zero-order chi connectivity index (χ0) is 17.0. The molecule has 0 fully saturated rings. The summed E-state index contributed by atoms with van der Waals surface area (Å²) < 4.78 is 15.6. The maximum atomic E-state index is 13.8. The fourth-order valence-electron chi connectivity index (χ4n) is 2.33. The largest absolute Gasteiger partial charge is 0.340 e. The van der Waals surface area contributed by atoms with Gasteiger partial charge in [-0.1, -0.05) is 13.8 Å². The third kappa shape index (κ3) is 3.95. The molecule has 6 heteroatoms. The van der Waals surface area contributed by atoms with Crippen LogP contribution in [0, 0.1) is 17.1 Å². The van der Waals surface area contributed by atoms with E-state index < -0.39 is 5.82 Å². The Morgan fingerprint density at radius 1 is 1.48 bits per heavy atom. The molecule has 0 radical (unpaired) electrons. The molecular formula is C17H19FN4O. The predicted molar refractivity (Wildman–Crippen MR) is 83.9 cm³/mol. The predicted octanol–water partition coefficient (Wildman–Crippen LogP) is 2.68. The van der Waals surface area contributed by atoms with E-state index in [4.69, 9.17) is 5.26 Å². The Morgan fingerprint density at radius 3 is 2.87 bits per heavy atom. The molecule has 0 N–H and O–H groups in total. The van der Waals surface area contributed by atoms with Crippen LogP contribution in [0.5, 0.6) is 0 Å². The maximum Gasteiger partial charge on any atom is 0.242 e. The molecular weight excluding hydrogens is 295 g/mol. The van der Waals surface area contributed by atoms with Crippen molar-refractivity contribution in [1.29, 1.82) is 5.26 Å². The van der Waals surface area contributed by atoms with Crippen LogP contribution in [0.25, 0.3) is 0 Å². The average molecular weight is 314 g/mol. The highest BCUT2D eigenvalue weighted by Gasteiger charge is 2.15. The van der Waals surface area contributed by atoms with Crippen molar-refractivity contribution in [1.82, 2.24) is 14.5 Å². The summed E-state index contributed by atoms with van der Waals surface area (Å²) >= 11 is 0. The van der Waals surface area contributed by atoms with Crippen molar-refractivity contribution in [3.8, 4) is 6.07 Å². The molecule has 23 heavy (non-hydrogen) atoms. The Hall–Kier alpha value is -2.68. The van der Waals surface area contributed by atoms with Crippen molar-refractivity contribution in [3.05, 3.63) is 53.4 Å². The number of carbonyl (C=O) groups is 1. The highest BCUT2D eigenvalue weighted by Crippen LogP contribution is 2.14. The van der Waals surface area contributed by atoms with Gasteiger partial charge in [0.25, 0.3) is 0 Å². The van der Waals surface area contributed by atoms with E-state index in [2.05, 4.69) is 4.98 Å². The van der Waals surface area contributed by atoms with E-state index in [1.54, 1.807) is 24.0 Å². The van der Waals surface area contributed by atoms with Crippen molar-refractivity contribution in [2.75, 3.05) is 7.05 Å². The van der Waals surface area contributed by atoms with Gasteiger partial charge in [0.15, 0.2) is 0 Å². The number of nitrogens with zero attached hydrogens (tertiary/aromatic N) is 4. The van der Waals surface area contributed by atoms with Crippen molar-refractivity contribution in [2.45, 2.75) is 32.9 Å². The molecule has 0 aliphatic rings. The van der Waals surface area contributed by atoms with Crippen molar-refractivity contribution in [2.24, 2.45) is 0 Å². The van der Waals surface area contributed by atoms with Gasteiger partial charge in [0.2, 0.25) is 5.91 Å². The number of hydrogen-bond acceptors (Lipinski definition) is 3. The van der Waals surface area contributed by atoms with Crippen LogP contribution in [0.15, 0.2) is 30.6 Å². The molecule has 120 valence electrons. The third-order valence-corrected chi connectivity index (χ3v) is 3.58. The average Bonchev–Trinajstić information content (AvgIpc) is 2.97. The summed E-state index contributed by atoms with van der Waals surface area (Å²) in [7, 11) is 1.62. The van der Waals surface area contributed by atoms with Gasteiger partial charge in [-0.25, -0.2) is 9.37 Å². The van der Waals surface area contributed by atoms with Crippen LogP contribution < -0.4 is 0 Å². The first-order chi connectivity index (χ1) is 10.9. The normalized spacial score (nSPS) is 10.6. The lowest BCUT2D eigenvalue weighted by Gasteiger charge is -2.19. The Morgan fingerprint density at radius 2 is 2.22 bits per heavy atom. The summed E-state index contributed by atoms with van der Waals surface area (Å²) in [4.78, 5) is 18.0. The van der Waals surface area contributed by atoms with E-state index in [-0.39, 0.29) is 24.9 Å². The van der Waals surface area contributed by atoms with E-state index in [0.717, 1.165) is 5.82 Å². The van der Waals surface area contributed by atoms with Gasteiger partial charge in [-0.2, -0.15) is 5.26 Å². The van der Waals surface area contributed by atoms with Crippen LogP contribution in [-0.4, -0.2) is 27.4 Å². The van der Waals surface area contributed by atoms with Gasteiger partial charge < -0.3 is 9.47 Å². The van der Waals surface area contributed by atoms with Crippen LogP contribution in [-0.2, 0) is 17.9 Å². The van der Waals surface area contributed by atoms with Crippen LogP contribution in [0.1, 0.15) is 36.7 Å². The number of nitriles is 1. The van der Waals surface area contributed by atoms with E-state index in [1.165, 1.54) is 23.1 Å². The number of amides is 1. The van der Waals surface area contributed by atoms with Gasteiger partial charge in [0, 0.05) is 37.5 Å². The number of likely N-dealkylation sites (N-methyl/N-ethyl adjacent to an activating group) is 1. The molecule has 2 aromatic rings. The highest BCUT2D eigenvalue weighted by molar-refractivity contribution is 5.75. The van der Waals surface area contributed by atoms with Crippen molar-refractivity contribution < 1.29 is 9.18 Å². The lowest BCUT2D eigenvalue weighted by molar-refractivity contribution is -0.131. The zero-order valence-electron chi connectivity index (χ0n) is 13.5. The van der Waals surface area contributed by atoms with Gasteiger partial charge in [-0.15, -0.1) is 0 Å². The SMILES string of the molecule is CC(C)c1nccn1CC(=O)N(C)Cc1cc(C#N)ccc1F. The van der Waals surface area contributed by atoms with Gasteiger partial charge in [-0.05, 0) is 18.2 Å². The second-order valence-corrected chi connectivity index (χ2v) is 5.74. The number of aromatic nitrogens is 2. The first kappa shape index (κ1) is 16.7. The summed E-state index contributed by atoms with van der Waals surface area (Å²) in [5.41, 5.74) is 0.702. The summed E-state index contributed by atoms with van der Waals surface area (Å²) in [5.74, 6) is 0.484. The van der Waals surface area contributed by atoms with Gasteiger partial charge in [-0.3, -0.25) is 4.79 Å². The molecule has 0 unspecified atom stereocenters. The van der Waals surface area contributed by atoms with E-state index in [0.29, 0.717) is 11.1 Å². The van der Waals surface area contributed by atoms with Crippen molar-refractivity contribution in [3.63, 3.8) is 0 Å². The summed E-state index contributed by atoms with van der Waals surface area (Å²) in [6.45, 7) is 4.29. The molecule has 0 saturated heterocycles. The molecule has 1 heterocycles. The first-order valence-corrected chi connectivity index (χ1v) is 7.36. The number of carbonyl (C=O) groups excluding carboxylic acids is 1. The second kappa shape index (κ2) is 7.05. The molecule has 0 aliphatic heterocycles. The molecule has 1 aromatic heterocycles.